The van der Waals surface area contributed by atoms with Crippen molar-refractivity contribution in [1.82, 2.24) is 14.6 Å². The highest BCUT2D eigenvalue weighted by atomic mass is 32.2. The molecule has 2 aromatic rings. The monoisotopic (exact) mass is 379 g/mol. The molecule has 3 rings (SSSR count). The summed E-state index contributed by atoms with van der Waals surface area (Å²) < 4.78 is 37.8. The molecular weight excluding hydrogens is 358 g/mol. The zero-order valence-corrected chi connectivity index (χ0v) is 15.4. The van der Waals surface area contributed by atoms with Crippen molar-refractivity contribution < 1.29 is 22.7 Å². The van der Waals surface area contributed by atoms with Gasteiger partial charge in [-0.3, -0.25) is 0 Å². The number of sulfonamides is 1. The van der Waals surface area contributed by atoms with E-state index in [9.17, 15) is 13.2 Å². The lowest BCUT2D eigenvalue weighted by Gasteiger charge is -2.35. The van der Waals surface area contributed by atoms with E-state index in [0.717, 1.165) is 5.56 Å². The van der Waals surface area contributed by atoms with Crippen LogP contribution in [0.2, 0.25) is 0 Å². The van der Waals surface area contributed by atoms with Crippen LogP contribution in [0.1, 0.15) is 22.1 Å². The van der Waals surface area contributed by atoms with Gasteiger partial charge in [-0.25, -0.2) is 13.2 Å². The smallest absolute Gasteiger partial charge is 0.354 e. The fraction of sp³-hybridized carbons (Fsp3) is 0.353. The van der Waals surface area contributed by atoms with Crippen LogP contribution in [-0.4, -0.2) is 57.5 Å². The van der Waals surface area contributed by atoms with Gasteiger partial charge in [-0.15, -0.1) is 0 Å². The topological polar surface area (TPSA) is 101 Å². The molecule has 0 radical (unpaired) electrons. The van der Waals surface area contributed by atoms with Crippen LogP contribution in [0.5, 0.6) is 5.75 Å². The van der Waals surface area contributed by atoms with Crippen molar-refractivity contribution >= 4 is 16.0 Å². The Labute approximate surface area is 152 Å². The minimum atomic E-state index is -3.81. The number of carbonyl (C=O) groups excluding carboxylic acids is 1. The SMILES string of the molecule is COC(=O)c1cc(S(=O)(=O)N2CCNCC2c2ccccc2OC)c[nH]1. The van der Waals surface area contributed by atoms with Crippen LogP contribution in [0.25, 0.3) is 0 Å². The molecule has 1 aliphatic heterocycles. The van der Waals surface area contributed by atoms with Gasteiger partial charge in [-0.05, 0) is 12.1 Å². The zero-order chi connectivity index (χ0) is 18.7. The maximum absolute atomic E-state index is 13.2. The fourth-order valence-corrected chi connectivity index (χ4v) is 4.67. The van der Waals surface area contributed by atoms with Crippen LogP contribution < -0.4 is 10.1 Å². The summed E-state index contributed by atoms with van der Waals surface area (Å²) in [5, 5.41) is 3.23. The molecule has 1 aliphatic rings. The summed E-state index contributed by atoms with van der Waals surface area (Å²) in [4.78, 5) is 14.3. The van der Waals surface area contributed by atoms with Crippen LogP contribution in [-0.2, 0) is 14.8 Å². The number of aromatic amines is 1. The lowest BCUT2D eigenvalue weighted by Crippen LogP contribution is -2.48. The number of H-pyrrole nitrogens is 1. The molecule has 0 bridgehead atoms. The third-order valence-corrected chi connectivity index (χ3v) is 6.25. The van der Waals surface area contributed by atoms with Gasteiger partial charge in [0.1, 0.15) is 16.3 Å². The van der Waals surface area contributed by atoms with E-state index in [-0.39, 0.29) is 10.6 Å². The lowest BCUT2D eigenvalue weighted by molar-refractivity contribution is 0.0594. The Hall–Kier alpha value is -2.36. The first-order valence-corrected chi connectivity index (χ1v) is 9.55. The number of carbonyl (C=O) groups is 1. The second-order valence-corrected chi connectivity index (χ2v) is 7.71. The Kier molecular flexibility index (Phi) is 5.30. The number of hydrogen-bond acceptors (Lipinski definition) is 6. The number of benzene rings is 1. The van der Waals surface area contributed by atoms with Crippen LogP contribution >= 0.6 is 0 Å². The van der Waals surface area contributed by atoms with Crippen molar-refractivity contribution in [2.75, 3.05) is 33.9 Å². The molecule has 0 saturated carbocycles. The molecule has 9 heteroatoms. The molecule has 1 aromatic heterocycles. The Morgan fingerprint density at radius 2 is 2.04 bits per heavy atom. The Bertz CT molecular complexity index is 893. The minimum Gasteiger partial charge on any atom is -0.496 e. The number of hydrogen-bond donors (Lipinski definition) is 2. The van der Waals surface area contributed by atoms with Crippen LogP contribution in [0.3, 0.4) is 0 Å². The second-order valence-electron chi connectivity index (χ2n) is 5.82. The molecule has 140 valence electrons. The second kappa shape index (κ2) is 7.48. The molecule has 0 spiro atoms. The first-order valence-electron chi connectivity index (χ1n) is 8.11. The molecule has 1 unspecified atom stereocenters. The predicted molar refractivity (Wildman–Crippen MR) is 94.6 cm³/mol. The van der Waals surface area contributed by atoms with Gasteiger partial charge in [0.25, 0.3) is 0 Å². The third kappa shape index (κ3) is 3.33. The number of nitrogens with zero attached hydrogens (tertiary/aromatic N) is 1. The highest BCUT2D eigenvalue weighted by Gasteiger charge is 2.36. The summed E-state index contributed by atoms with van der Waals surface area (Å²) >= 11 is 0. The van der Waals surface area contributed by atoms with Crippen LogP contribution in [0, 0.1) is 0 Å². The van der Waals surface area contributed by atoms with E-state index in [2.05, 4.69) is 15.0 Å². The Morgan fingerprint density at radius 3 is 2.77 bits per heavy atom. The van der Waals surface area contributed by atoms with Gasteiger partial charge in [0.05, 0.1) is 20.3 Å². The number of methoxy groups -OCH3 is 2. The van der Waals surface area contributed by atoms with E-state index in [4.69, 9.17) is 4.74 Å². The van der Waals surface area contributed by atoms with Gasteiger partial charge < -0.3 is 19.8 Å². The van der Waals surface area contributed by atoms with Crippen molar-refractivity contribution in [2.45, 2.75) is 10.9 Å². The molecule has 2 N–H and O–H groups in total. The molecule has 2 heterocycles. The van der Waals surface area contributed by atoms with Crippen molar-refractivity contribution in [3.63, 3.8) is 0 Å². The fourth-order valence-electron chi connectivity index (χ4n) is 3.07. The molecule has 1 aromatic carbocycles. The average molecular weight is 379 g/mol. The van der Waals surface area contributed by atoms with Gasteiger partial charge in [-0.1, -0.05) is 18.2 Å². The number of aromatic nitrogens is 1. The molecular formula is C17H21N3O5S. The minimum absolute atomic E-state index is 0.0275. The van der Waals surface area contributed by atoms with E-state index < -0.39 is 22.0 Å². The van der Waals surface area contributed by atoms with Crippen LogP contribution in [0.15, 0.2) is 41.4 Å². The van der Waals surface area contributed by atoms with Gasteiger partial charge in [0.15, 0.2) is 0 Å². The predicted octanol–water partition coefficient (Wildman–Crippen LogP) is 1.15. The van der Waals surface area contributed by atoms with Crippen LogP contribution in [0.4, 0.5) is 0 Å². The van der Waals surface area contributed by atoms with Gasteiger partial charge in [0.2, 0.25) is 10.0 Å². The molecule has 8 nitrogen and oxygen atoms in total. The first kappa shape index (κ1) is 18.4. The summed E-state index contributed by atoms with van der Waals surface area (Å²) in [7, 11) is -1.01. The van der Waals surface area contributed by atoms with Crippen molar-refractivity contribution in [3.05, 3.63) is 47.8 Å². The van der Waals surface area contributed by atoms with Gasteiger partial charge >= 0.3 is 5.97 Å². The molecule has 1 saturated heterocycles. The number of ether oxygens (including phenoxy) is 2. The lowest BCUT2D eigenvalue weighted by atomic mass is 10.0. The van der Waals surface area contributed by atoms with Gasteiger partial charge in [-0.2, -0.15) is 4.31 Å². The van der Waals surface area contributed by atoms with Crippen molar-refractivity contribution in [2.24, 2.45) is 0 Å². The molecule has 1 atom stereocenters. The zero-order valence-electron chi connectivity index (χ0n) is 14.6. The standard InChI is InChI=1S/C17H21N3O5S/c1-24-16-6-4-3-5-13(16)15-11-18-7-8-20(15)26(22,23)12-9-14(19-10-12)17(21)25-2/h3-6,9-10,15,18-19H,7-8,11H2,1-2H3. The van der Waals surface area contributed by atoms with E-state index >= 15 is 0 Å². The van der Waals surface area contributed by atoms with Gasteiger partial charge in [0, 0.05) is 31.4 Å². The summed E-state index contributed by atoms with van der Waals surface area (Å²) in [6, 6.07) is 8.23. The number of nitrogens with one attached hydrogen (secondary N) is 2. The number of rotatable bonds is 5. The highest BCUT2D eigenvalue weighted by molar-refractivity contribution is 7.89. The largest absolute Gasteiger partial charge is 0.496 e. The number of para-hydroxylation sites is 1. The first-order chi connectivity index (χ1) is 12.5. The maximum Gasteiger partial charge on any atom is 0.354 e. The quantitative estimate of drug-likeness (QED) is 0.756. The molecule has 0 amide bonds. The maximum atomic E-state index is 13.2. The van der Waals surface area contributed by atoms with E-state index in [1.165, 1.54) is 23.7 Å². The third-order valence-electron chi connectivity index (χ3n) is 4.36. The Balaban J connectivity index is 1.99. The number of piperazine rings is 1. The van der Waals surface area contributed by atoms with E-state index in [1.807, 2.05) is 18.2 Å². The normalized spacial score (nSPS) is 18.5. The summed E-state index contributed by atoms with van der Waals surface area (Å²) in [6.45, 7) is 1.32. The average Bonchev–Trinajstić information content (AvgIpc) is 3.18. The summed E-state index contributed by atoms with van der Waals surface area (Å²) in [6.07, 6.45) is 1.31. The molecule has 26 heavy (non-hydrogen) atoms. The van der Waals surface area contributed by atoms with Crippen molar-refractivity contribution in [1.29, 1.82) is 0 Å². The Morgan fingerprint density at radius 1 is 1.27 bits per heavy atom. The highest BCUT2D eigenvalue weighted by Crippen LogP contribution is 2.34. The van der Waals surface area contributed by atoms with E-state index in [1.54, 1.807) is 13.2 Å². The van der Waals surface area contributed by atoms with E-state index in [0.29, 0.717) is 25.4 Å². The molecule has 0 aliphatic carbocycles. The van der Waals surface area contributed by atoms with Crippen molar-refractivity contribution in [3.8, 4) is 5.75 Å². The molecule has 1 fully saturated rings. The number of esters is 1. The summed E-state index contributed by atoms with van der Waals surface area (Å²) in [5.41, 5.74) is 0.879. The summed E-state index contributed by atoms with van der Waals surface area (Å²) in [5.74, 6) is 0.0127.